The van der Waals surface area contributed by atoms with Gasteiger partial charge in [-0.1, -0.05) is 79.3 Å². The number of hydrogen-bond acceptors (Lipinski definition) is 3. The molecule has 0 spiro atoms. The summed E-state index contributed by atoms with van der Waals surface area (Å²) in [5.41, 5.74) is 2.56. The second kappa shape index (κ2) is 6.81. The van der Waals surface area contributed by atoms with Gasteiger partial charge in [0.15, 0.2) is 5.17 Å². The van der Waals surface area contributed by atoms with Gasteiger partial charge >= 0.3 is 0 Å². The van der Waals surface area contributed by atoms with Gasteiger partial charge in [0, 0.05) is 5.75 Å². The number of amidine groups is 1. The average Bonchev–Trinajstić information content (AvgIpc) is 2.99. The van der Waals surface area contributed by atoms with E-state index in [0.29, 0.717) is 0 Å². The Morgan fingerprint density at radius 2 is 1.57 bits per heavy atom. The van der Waals surface area contributed by atoms with Gasteiger partial charge in [0.1, 0.15) is 6.04 Å². The highest BCUT2D eigenvalue weighted by atomic mass is 32.2. The van der Waals surface area contributed by atoms with E-state index in [1.54, 1.807) is 0 Å². The summed E-state index contributed by atoms with van der Waals surface area (Å²) >= 11 is 1.82. The zero-order chi connectivity index (χ0) is 14.5. The molecule has 0 amide bonds. The third-order valence-electron chi connectivity index (χ3n) is 3.59. The molecule has 0 unspecified atom stereocenters. The lowest BCUT2D eigenvalue weighted by Gasteiger charge is -2.19. The highest BCUT2D eigenvalue weighted by Gasteiger charge is 2.30. The number of nitrogens with one attached hydrogen (secondary N) is 1. The fraction of sp³-hybridized carbons (Fsp3) is 0.278. The predicted molar refractivity (Wildman–Crippen MR) is 91.7 cm³/mol. The average molecular weight is 296 g/mol. The number of aliphatic imine (C=N–C) groups is 1. The molecule has 0 saturated carbocycles. The van der Waals surface area contributed by atoms with Crippen molar-refractivity contribution >= 4 is 16.9 Å². The molecule has 3 heteroatoms. The Labute approximate surface area is 130 Å². The molecule has 0 aliphatic carbocycles. The molecule has 108 valence electrons. The first-order valence-electron chi connectivity index (χ1n) is 7.45. The third-order valence-corrected chi connectivity index (χ3v) is 4.70. The van der Waals surface area contributed by atoms with Crippen molar-refractivity contribution in [2.45, 2.75) is 25.4 Å². The molecule has 1 aliphatic rings. The summed E-state index contributed by atoms with van der Waals surface area (Å²) in [6.45, 7) is 2.20. The fourth-order valence-corrected chi connectivity index (χ4v) is 3.37. The van der Waals surface area contributed by atoms with Gasteiger partial charge in [-0.3, -0.25) is 4.99 Å². The first-order valence-corrected chi connectivity index (χ1v) is 8.44. The van der Waals surface area contributed by atoms with Crippen LogP contribution in [-0.4, -0.2) is 10.9 Å². The second-order valence-corrected chi connectivity index (χ2v) is 6.25. The lowest BCUT2D eigenvalue weighted by molar-refractivity contribution is 0.573. The first kappa shape index (κ1) is 14.2. The molecule has 2 aromatic carbocycles. The number of hydrogen-bond donors (Lipinski definition) is 1. The summed E-state index contributed by atoms with van der Waals surface area (Å²) in [5, 5.41) is 4.67. The highest BCUT2D eigenvalue weighted by Crippen LogP contribution is 2.37. The summed E-state index contributed by atoms with van der Waals surface area (Å²) < 4.78 is 0. The van der Waals surface area contributed by atoms with Gasteiger partial charge in [0.05, 0.1) is 6.04 Å². The second-order valence-electron chi connectivity index (χ2n) is 5.17. The topological polar surface area (TPSA) is 24.4 Å². The Bertz CT molecular complexity index is 595. The summed E-state index contributed by atoms with van der Waals surface area (Å²) in [6, 6.07) is 21.6. The van der Waals surface area contributed by atoms with Crippen molar-refractivity contribution in [1.82, 2.24) is 5.32 Å². The third kappa shape index (κ3) is 3.30. The van der Waals surface area contributed by atoms with Crippen LogP contribution in [0.2, 0.25) is 0 Å². The van der Waals surface area contributed by atoms with E-state index in [-0.39, 0.29) is 12.1 Å². The van der Waals surface area contributed by atoms with Crippen molar-refractivity contribution in [3.05, 3.63) is 71.8 Å². The maximum atomic E-state index is 4.92. The van der Waals surface area contributed by atoms with E-state index >= 15 is 0 Å². The molecule has 3 rings (SSSR count). The molecule has 0 bridgehead atoms. The number of nitrogens with zero attached hydrogens (tertiary/aromatic N) is 1. The Morgan fingerprint density at radius 3 is 2.19 bits per heavy atom. The van der Waals surface area contributed by atoms with Crippen LogP contribution in [0.25, 0.3) is 0 Å². The van der Waals surface area contributed by atoms with Crippen LogP contribution >= 0.6 is 11.8 Å². The van der Waals surface area contributed by atoms with E-state index in [0.717, 1.165) is 17.3 Å². The van der Waals surface area contributed by atoms with Gasteiger partial charge in [0.25, 0.3) is 0 Å². The van der Waals surface area contributed by atoms with Gasteiger partial charge in [-0.15, -0.1) is 0 Å². The summed E-state index contributed by atoms with van der Waals surface area (Å²) in [4.78, 5) is 4.92. The van der Waals surface area contributed by atoms with Crippen LogP contribution in [0.5, 0.6) is 0 Å². The molecule has 0 saturated heterocycles. The molecule has 0 radical (unpaired) electrons. The Kier molecular flexibility index (Phi) is 4.61. The molecule has 0 fully saturated rings. The number of rotatable bonds is 4. The predicted octanol–water partition coefficient (Wildman–Crippen LogP) is 4.57. The molecular formula is C18H20N2S. The van der Waals surface area contributed by atoms with Crippen molar-refractivity contribution in [3.63, 3.8) is 0 Å². The molecular weight excluding hydrogens is 276 g/mol. The molecule has 1 aliphatic heterocycles. The van der Waals surface area contributed by atoms with Gasteiger partial charge in [-0.05, 0) is 17.5 Å². The molecule has 2 nitrogen and oxygen atoms in total. The summed E-state index contributed by atoms with van der Waals surface area (Å²) in [5.74, 6) is 1.11. The van der Waals surface area contributed by atoms with E-state index in [9.17, 15) is 0 Å². The summed E-state index contributed by atoms with van der Waals surface area (Å²) in [7, 11) is 0. The SMILES string of the molecule is CCCSC1=N[C@H](c2ccccc2)[C@H](c2ccccc2)N1. The van der Waals surface area contributed by atoms with Crippen LogP contribution in [0.4, 0.5) is 0 Å². The van der Waals surface area contributed by atoms with Gasteiger partial charge in [-0.25, -0.2) is 0 Å². The fourth-order valence-electron chi connectivity index (χ4n) is 2.57. The molecule has 2 aromatic rings. The van der Waals surface area contributed by atoms with Crippen LogP contribution < -0.4 is 5.32 Å². The minimum atomic E-state index is 0.160. The minimum Gasteiger partial charge on any atom is -0.356 e. The minimum absolute atomic E-state index is 0.160. The van der Waals surface area contributed by atoms with E-state index in [1.165, 1.54) is 11.1 Å². The van der Waals surface area contributed by atoms with Crippen molar-refractivity contribution in [2.75, 3.05) is 5.75 Å². The molecule has 1 N–H and O–H groups in total. The van der Waals surface area contributed by atoms with E-state index in [4.69, 9.17) is 4.99 Å². The normalized spacial score (nSPS) is 20.9. The lowest BCUT2D eigenvalue weighted by atomic mass is 9.95. The molecule has 21 heavy (non-hydrogen) atoms. The van der Waals surface area contributed by atoms with Gasteiger partial charge in [0.2, 0.25) is 0 Å². The van der Waals surface area contributed by atoms with E-state index < -0.39 is 0 Å². The van der Waals surface area contributed by atoms with Crippen LogP contribution in [-0.2, 0) is 0 Å². The zero-order valence-corrected chi connectivity index (χ0v) is 13.0. The van der Waals surface area contributed by atoms with Crippen molar-refractivity contribution in [3.8, 4) is 0 Å². The van der Waals surface area contributed by atoms with Crippen molar-refractivity contribution < 1.29 is 0 Å². The largest absolute Gasteiger partial charge is 0.356 e. The van der Waals surface area contributed by atoms with Crippen LogP contribution in [0.1, 0.15) is 36.6 Å². The standard InChI is InChI=1S/C18H20N2S/c1-2-13-21-18-19-16(14-9-5-3-6-10-14)17(20-18)15-11-7-4-8-12-15/h3-12,16-17H,2,13H2,1H3,(H,19,20)/t16-,17+. The monoisotopic (exact) mass is 296 g/mol. The maximum absolute atomic E-state index is 4.92. The quantitative estimate of drug-likeness (QED) is 0.893. The van der Waals surface area contributed by atoms with Crippen LogP contribution in [0, 0.1) is 0 Å². The Hall–Kier alpha value is -1.74. The highest BCUT2D eigenvalue weighted by molar-refractivity contribution is 8.13. The molecule has 2 atom stereocenters. The van der Waals surface area contributed by atoms with Gasteiger partial charge in [-0.2, -0.15) is 0 Å². The van der Waals surface area contributed by atoms with Crippen molar-refractivity contribution in [2.24, 2.45) is 4.99 Å². The smallest absolute Gasteiger partial charge is 0.157 e. The van der Waals surface area contributed by atoms with Crippen LogP contribution in [0.3, 0.4) is 0 Å². The van der Waals surface area contributed by atoms with E-state index in [1.807, 2.05) is 11.8 Å². The number of benzene rings is 2. The van der Waals surface area contributed by atoms with Crippen molar-refractivity contribution in [1.29, 1.82) is 0 Å². The molecule has 0 aromatic heterocycles. The van der Waals surface area contributed by atoms with Gasteiger partial charge < -0.3 is 5.32 Å². The number of thioether (sulfide) groups is 1. The zero-order valence-electron chi connectivity index (χ0n) is 12.2. The van der Waals surface area contributed by atoms with Crippen LogP contribution in [0.15, 0.2) is 65.7 Å². The van der Waals surface area contributed by atoms with E-state index in [2.05, 4.69) is 72.9 Å². The summed E-state index contributed by atoms with van der Waals surface area (Å²) in [6.07, 6.45) is 1.16. The first-order chi connectivity index (χ1) is 10.4. The molecule has 1 heterocycles. The maximum Gasteiger partial charge on any atom is 0.157 e. The lowest BCUT2D eigenvalue weighted by Crippen LogP contribution is -2.22. The Morgan fingerprint density at radius 1 is 0.952 bits per heavy atom. The Balaban J connectivity index is 1.89.